The van der Waals surface area contributed by atoms with E-state index in [0.717, 1.165) is 19.5 Å². The van der Waals surface area contributed by atoms with Gasteiger partial charge in [-0.2, -0.15) is 0 Å². The Kier molecular flexibility index (Phi) is 9.53. The van der Waals surface area contributed by atoms with Crippen molar-refractivity contribution in [2.75, 3.05) is 32.7 Å². The van der Waals surface area contributed by atoms with E-state index in [4.69, 9.17) is 0 Å². The summed E-state index contributed by atoms with van der Waals surface area (Å²) in [5.74, 6) is 0.602. The molecule has 1 aromatic carbocycles. The minimum Gasteiger partial charge on any atom is -0.352 e. The highest BCUT2D eigenvalue weighted by atomic mass is 35.5. The van der Waals surface area contributed by atoms with Gasteiger partial charge in [-0.25, -0.2) is 0 Å². The van der Waals surface area contributed by atoms with E-state index in [2.05, 4.69) is 10.6 Å². The van der Waals surface area contributed by atoms with Crippen LogP contribution in [0.1, 0.15) is 53.8 Å². The largest absolute Gasteiger partial charge is 0.352 e. The second-order valence-corrected chi connectivity index (χ2v) is 6.31. The molecule has 1 unspecified atom stereocenters. The molecule has 25 heavy (non-hydrogen) atoms. The van der Waals surface area contributed by atoms with Crippen LogP contribution in [-0.2, 0) is 0 Å². The van der Waals surface area contributed by atoms with Crippen molar-refractivity contribution in [3.63, 3.8) is 0 Å². The van der Waals surface area contributed by atoms with Crippen molar-refractivity contribution in [2.45, 2.75) is 33.1 Å². The quantitative estimate of drug-likeness (QED) is 0.778. The minimum atomic E-state index is -0.0689. The van der Waals surface area contributed by atoms with Gasteiger partial charge in [-0.15, -0.1) is 12.4 Å². The fourth-order valence-electron chi connectivity index (χ4n) is 3.12. The summed E-state index contributed by atoms with van der Waals surface area (Å²) in [7, 11) is 0. The van der Waals surface area contributed by atoms with E-state index in [1.165, 1.54) is 12.8 Å². The number of halogens is 1. The summed E-state index contributed by atoms with van der Waals surface area (Å²) in [6.07, 6.45) is 3.48. The van der Waals surface area contributed by atoms with Gasteiger partial charge in [-0.3, -0.25) is 9.59 Å². The average molecular weight is 368 g/mol. The number of hydrogen-bond acceptors (Lipinski definition) is 3. The lowest BCUT2D eigenvalue weighted by Gasteiger charge is -2.22. The zero-order valence-corrected chi connectivity index (χ0v) is 16.0. The second kappa shape index (κ2) is 11.1. The lowest BCUT2D eigenvalue weighted by Crippen LogP contribution is -2.33. The van der Waals surface area contributed by atoms with Crippen LogP contribution in [0.25, 0.3) is 0 Å². The van der Waals surface area contributed by atoms with Crippen molar-refractivity contribution in [3.8, 4) is 0 Å². The highest BCUT2D eigenvalue weighted by molar-refractivity contribution is 5.97. The number of rotatable bonds is 7. The summed E-state index contributed by atoms with van der Waals surface area (Å²) in [6, 6.07) is 6.93. The van der Waals surface area contributed by atoms with Crippen LogP contribution in [0.4, 0.5) is 0 Å². The Morgan fingerprint density at radius 2 is 1.80 bits per heavy atom. The molecule has 0 spiro atoms. The highest BCUT2D eigenvalue weighted by Gasteiger charge is 2.15. The Morgan fingerprint density at radius 1 is 1.16 bits per heavy atom. The van der Waals surface area contributed by atoms with E-state index in [1.807, 2.05) is 13.8 Å². The maximum absolute atomic E-state index is 12.3. The van der Waals surface area contributed by atoms with Crippen LogP contribution in [0.2, 0.25) is 0 Å². The topological polar surface area (TPSA) is 61.4 Å². The molecule has 5 nitrogen and oxygen atoms in total. The Bertz CT molecular complexity index is 538. The first-order valence-electron chi connectivity index (χ1n) is 9.04. The fourth-order valence-corrected chi connectivity index (χ4v) is 3.12. The van der Waals surface area contributed by atoms with Crippen LogP contribution in [-0.4, -0.2) is 49.4 Å². The number of hydrogen-bond donors (Lipinski definition) is 2. The Hall–Kier alpha value is -1.59. The molecule has 2 rings (SSSR count). The summed E-state index contributed by atoms with van der Waals surface area (Å²) in [4.78, 5) is 26.2. The molecule has 1 saturated heterocycles. The lowest BCUT2D eigenvalue weighted by molar-refractivity contribution is 0.0772. The molecule has 2 amide bonds. The van der Waals surface area contributed by atoms with Gasteiger partial charge in [-0.05, 0) is 76.4 Å². The number of piperidine rings is 1. The molecule has 6 heteroatoms. The maximum Gasteiger partial charge on any atom is 0.253 e. The van der Waals surface area contributed by atoms with E-state index in [0.29, 0.717) is 36.7 Å². The summed E-state index contributed by atoms with van der Waals surface area (Å²) in [5.41, 5.74) is 1.23. The molecule has 0 saturated carbocycles. The van der Waals surface area contributed by atoms with Crippen molar-refractivity contribution in [2.24, 2.45) is 5.92 Å². The lowest BCUT2D eigenvalue weighted by atomic mass is 9.96. The monoisotopic (exact) mass is 367 g/mol. The van der Waals surface area contributed by atoms with Gasteiger partial charge in [0.05, 0.1) is 0 Å². The van der Waals surface area contributed by atoms with Crippen molar-refractivity contribution in [3.05, 3.63) is 35.4 Å². The smallest absolute Gasteiger partial charge is 0.253 e. The number of carbonyl (C=O) groups excluding carboxylic acids is 2. The maximum atomic E-state index is 12.3. The van der Waals surface area contributed by atoms with Gasteiger partial charge < -0.3 is 15.5 Å². The van der Waals surface area contributed by atoms with Crippen molar-refractivity contribution < 1.29 is 9.59 Å². The van der Waals surface area contributed by atoms with Crippen LogP contribution in [0.5, 0.6) is 0 Å². The van der Waals surface area contributed by atoms with Gasteiger partial charge >= 0.3 is 0 Å². The van der Waals surface area contributed by atoms with Gasteiger partial charge in [-0.1, -0.05) is 0 Å². The number of carbonyl (C=O) groups is 2. The molecule has 0 aliphatic carbocycles. The predicted octanol–water partition coefficient (Wildman–Crippen LogP) is 2.71. The minimum absolute atomic E-state index is 0. The zero-order chi connectivity index (χ0) is 17.4. The summed E-state index contributed by atoms with van der Waals surface area (Å²) in [5, 5.41) is 6.37. The van der Waals surface area contributed by atoms with E-state index in [-0.39, 0.29) is 24.2 Å². The molecule has 0 aromatic heterocycles. The predicted molar refractivity (Wildman–Crippen MR) is 103 cm³/mol. The fraction of sp³-hybridized carbons (Fsp3) is 0.579. The molecule has 1 atom stereocenters. The molecule has 1 aromatic rings. The molecular weight excluding hydrogens is 338 g/mol. The van der Waals surface area contributed by atoms with Crippen LogP contribution in [0.15, 0.2) is 24.3 Å². The molecule has 1 aliphatic rings. The standard InChI is InChI=1S/C19H29N3O2.ClH/c1-3-22(4-2)19(24)17-9-7-16(8-10-17)18(23)21-13-11-15-6-5-12-20-14-15;/h7-10,15,20H,3-6,11-14H2,1-2H3,(H,21,23);1H. The first-order chi connectivity index (χ1) is 11.7. The third-order valence-corrected chi connectivity index (χ3v) is 4.68. The van der Waals surface area contributed by atoms with Gasteiger partial charge in [0.25, 0.3) is 11.8 Å². The summed E-state index contributed by atoms with van der Waals surface area (Å²) >= 11 is 0. The normalized spacial score (nSPS) is 16.6. The first kappa shape index (κ1) is 21.5. The zero-order valence-electron chi connectivity index (χ0n) is 15.2. The Labute approximate surface area is 157 Å². The highest BCUT2D eigenvalue weighted by Crippen LogP contribution is 2.13. The second-order valence-electron chi connectivity index (χ2n) is 6.31. The number of nitrogens with one attached hydrogen (secondary N) is 2. The molecule has 0 radical (unpaired) electrons. The molecule has 1 aliphatic heterocycles. The van der Waals surface area contributed by atoms with Crippen molar-refractivity contribution >= 4 is 24.2 Å². The number of benzene rings is 1. The van der Waals surface area contributed by atoms with Gasteiger partial charge in [0.1, 0.15) is 0 Å². The molecular formula is C19H30ClN3O2. The Morgan fingerprint density at radius 3 is 2.36 bits per heavy atom. The van der Waals surface area contributed by atoms with E-state index < -0.39 is 0 Å². The molecule has 1 heterocycles. The van der Waals surface area contributed by atoms with E-state index in [1.54, 1.807) is 29.2 Å². The third-order valence-electron chi connectivity index (χ3n) is 4.68. The summed E-state index contributed by atoms with van der Waals surface area (Å²) < 4.78 is 0. The van der Waals surface area contributed by atoms with E-state index >= 15 is 0 Å². The van der Waals surface area contributed by atoms with Crippen LogP contribution >= 0.6 is 12.4 Å². The van der Waals surface area contributed by atoms with Gasteiger partial charge in [0, 0.05) is 30.8 Å². The van der Waals surface area contributed by atoms with Gasteiger partial charge in [0.15, 0.2) is 0 Å². The first-order valence-corrected chi connectivity index (χ1v) is 9.04. The van der Waals surface area contributed by atoms with E-state index in [9.17, 15) is 9.59 Å². The summed E-state index contributed by atoms with van der Waals surface area (Å²) in [6.45, 7) is 8.17. The molecule has 140 valence electrons. The van der Waals surface area contributed by atoms with Crippen molar-refractivity contribution in [1.29, 1.82) is 0 Å². The van der Waals surface area contributed by atoms with Crippen LogP contribution in [0.3, 0.4) is 0 Å². The third kappa shape index (κ3) is 6.33. The van der Waals surface area contributed by atoms with Crippen LogP contribution < -0.4 is 10.6 Å². The molecule has 2 N–H and O–H groups in total. The number of amides is 2. The number of nitrogens with zero attached hydrogens (tertiary/aromatic N) is 1. The van der Waals surface area contributed by atoms with Crippen molar-refractivity contribution in [1.82, 2.24) is 15.5 Å². The molecule has 0 bridgehead atoms. The van der Waals surface area contributed by atoms with Crippen LogP contribution in [0, 0.1) is 5.92 Å². The average Bonchev–Trinajstić information content (AvgIpc) is 2.63. The SMILES string of the molecule is CCN(CC)C(=O)c1ccc(C(=O)NCCC2CCCNC2)cc1.Cl. The van der Waals surface area contributed by atoms with Gasteiger partial charge in [0.2, 0.25) is 0 Å². The molecule has 1 fully saturated rings. The Balaban J connectivity index is 0.00000312.